The van der Waals surface area contributed by atoms with Gasteiger partial charge in [0, 0.05) is 16.6 Å². The van der Waals surface area contributed by atoms with E-state index < -0.39 is 0 Å². The number of aryl methyl sites for hydroxylation is 1. The van der Waals surface area contributed by atoms with Crippen molar-refractivity contribution in [3.05, 3.63) is 46.6 Å². The minimum absolute atomic E-state index is 0.00863. The maximum atomic E-state index is 11.7. The van der Waals surface area contributed by atoms with Crippen LogP contribution in [-0.2, 0) is 4.79 Å². The lowest BCUT2D eigenvalue weighted by atomic mass is 10.1. The lowest BCUT2D eigenvalue weighted by Crippen LogP contribution is -2.14. The van der Waals surface area contributed by atoms with E-state index in [4.69, 9.17) is 0 Å². The second kappa shape index (κ2) is 7.40. The van der Waals surface area contributed by atoms with Gasteiger partial charge in [-0.2, -0.15) is 0 Å². The van der Waals surface area contributed by atoms with Gasteiger partial charge in [-0.05, 0) is 42.7 Å². The molecule has 0 aliphatic carbocycles. The number of rotatable bonds is 5. The van der Waals surface area contributed by atoms with Gasteiger partial charge in [-0.3, -0.25) is 4.79 Å². The topological polar surface area (TPSA) is 54.0 Å². The molecule has 2 N–H and O–H groups in total. The standard InChI is InChI=1S/C17H20BrN3O/c1-11(2)8-17(22)21-16-7-6-14(10-19-16)20-13-5-4-12(3)15(18)9-13/h4-7,9-11,20H,8H2,1-3H3,(H,19,21,22). The molecule has 0 fully saturated rings. The van der Waals surface area contributed by atoms with Gasteiger partial charge in [0.15, 0.2) is 0 Å². The lowest BCUT2D eigenvalue weighted by molar-refractivity contribution is -0.116. The van der Waals surface area contributed by atoms with E-state index in [0.29, 0.717) is 18.2 Å². The molecule has 1 amide bonds. The summed E-state index contributed by atoms with van der Waals surface area (Å²) in [6, 6.07) is 9.77. The van der Waals surface area contributed by atoms with Crippen molar-refractivity contribution >= 4 is 39.0 Å². The first-order valence-corrected chi connectivity index (χ1v) is 8.02. The van der Waals surface area contributed by atoms with Crippen LogP contribution in [0.15, 0.2) is 41.0 Å². The van der Waals surface area contributed by atoms with Crippen molar-refractivity contribution in [2.24, 2.45) is 5.92 Å². The van der Waals surface area contributed by atoms with E-state index in [-0.39, 0.29) is 5.91 Å². The van der Waals surface area contributed by atoms with Crippen LogP contribution in [-0.4, -0.2) is 10.9 Å². The van der Waals surface area contributed by atoms with Crippen molar-refractivity contribution in [3.8, 4) is 0 Å². The molecule has 2 aromatic rings. The van der Waals surface area contributed by atoms with E-state index in [1.165, 1.54) is 5.56 Å². The monoisotopic (exact) mass is 361 g/mol. The summed E-state index contributed by atoms with van der Waals surface area (Å²) < 4.78 is 1.06. The van der Waals surface area contributed by atoms with E-state index >= 15 is 0 Å². The number of aromatic nitrogens is 1. The van der Waals surface area contributed by atoms with Crippen molar-refractivity contribution in [2.75, 3.05) is 10.6 Å². The molecule has 0 saturated heterocycles. The summed E-state index contributed by atoms with van der Waals surface area (Å²) in [6.45, 7) is 6.07. The van der Waals surface area contributed by atoms with Crippen molar-refractivity contribution in [2.45, 2.75) is 27.2 Å². The van der Waals surface area contributed by atoms with Crippen LogP contribution >= 0.6 is 15.9 Å². The van der Waals surface area contributed by atoms with Gasteiger partial charge in [0.25, 0.3) is 0 Å². The summed E-state index contributed by atoms with van der Waals surface area (Å²) in [5.74, 6) is 0.896. The Morgan fingerprint density at radius 1 is 1.23 bits per heavy atom. The average molecular weight is 362 g/mol. The normalized spacial score (nSPS) is 10.6. The molecular weight excluding hydrogens is 342 g/mol. The Bertz CT molecular complexity index is 653. The summed E-state index contributed by atoms with van der Waals surface area (Å²) in [6.07, 6.45) is 2.21. The van der Waals surface area contributed by atoms with E-state index in [0.717, 1.165) is 15.8 Å². The third kappa shape index (κ3) is 4.84. The number of nitrogens with zero attached hydrogens (tertiary/aromatic N) is 1. The van der Waals surface area contributed by atoms with Gasteiger partial charge in [0.2, 0.25) is 5.91 Å². The Morgan fingerprint density at radius 3 is 2.55 bits per heavy atom. The van der Waals surface area contributed by atoms with Gasteiger partial charge >= 0.3 is 0 Å². The summed E-state index contributed by atoms with van der Waals surface area (Å²) in [5.41, 5.74) is 3.04. The van der Waals surface area contributed by atoms with Crippen LogP contribution < -0.4 is 10.6 Å². The zero-order chi connectivity index (χ0) is 16.1. The van der Waals surface area contributed by atoms with E-state index in [2.05, 4.69) is 31.5 Å². The highest BCUT2D eigenvalue weighted by molar-refractivity contribution is 9.10. The molecular formula is C17H20BrN3O. The molecule has 0 atom stereocenters. The van der Waals surface area contributed by atoms with Crippen LogP contribution in [0, 0.1) is 12.8 Å². The molecule has 0 radical (unpaired) electrons. The minimum Gasteiger partial charge on any atom is -0.354 e. The molecule has 22 heavy (non-hydrogen) atoms. The molecule has 0 aliphatic rings. The number of benzene rings is 1. The second-order valence-corrected chi connectivity index (χ2v) is 6.52. The van der Waals surface area contributed by atoms with E-state index in [9.17, 15) is 4.79 Å². The molecule has 0 spiro atoms. The maximum Gasteiger partial charge on any atom is 0.225 e. The Balaban J connectivity index is 1.99. The van der Waals surface area contributed by atoms with Crippen molar-refractivity contribution < 1.29 is 4.79 Å². The summed E-state index contributed by atoms with van der Waals surface area (Å²) in [5, 5.41) is 6.08. The highest BCUT2D eigenvalue weighted by Gasteiger charge is 2.06. The predicted molar refractivity (Wildman–Crippen MR) is 94.5 cm³/mol. The predicted octanol–water partition coefficient (Wildman–Crippen LogP) is 4.88. The van der Waals surface area contributed by atoms with Crippen LogP contribution in [0.1, 0.15) is 25.8 Å². The van der Waals surface area contributed by atoms with Gasteiger partial charge in [0.05, 0.1) is 11.9 Å². The minimum atomic E-state index is -0.00863. The molecule has 116 valence electrons. The first-order valence-electron chi connectivity index (χ1n) is 7.23. The third-order valence-corrected chi connectivity index (χ3v) is 3.94. The van der Waals surface area contributed by atoms with Crippen LogP contribution in [0.2, 0.25) is 0 Å². The molecule has 4 nitrogen and oxygen atoms in total. The van der Waals surface area contributed by atoms with Crippen LogP contribution in [0.5, 0.6) is 0 Å². The number of halogens is 1. The third-order valence-electron chi connectivity index (χ3n) is 3.09. The highest BCUT2D eigenvalue weighted by atomic mass is 79.9. The first-order chi connectivity index (χ1) is 10.4. The first kappa shape index (κ1) is 16.5. The molecule has 1 aromatic carbocycles. The molecule has 1 aromatic heterocycles. The van der Waals surface area contributed by atoms with Crippen LogP contribution in [0.3, 0.4) is 0 Å². The van der Waals surface area contributed by atoms with Crippen molar-refractivity contribution in [1.82, 2.24) is 4.98 Å². The Morgan fingerprint density at radius 2 is 1.95 bits per heavy atom. The van der Waals surface area contributed by atoms with Crippen LogP contribution in [0.4, 0.5) is 17.2 Å². The summed E-state index contributed by atoms with van der Waals surface area (Å²) in [4.78, 5) is 16.0. The number of pyridine rings is 1. The second-order valence-electron chi connectivity index (χ2n) is 5.67. The van der Waals surface area contributed by atoms with Gasteiger partial charge in [-0.15, -0.1) is 0 Å². The molecule has 1 heterocycles. The Hall–Kier alpha value is -1.88. The summed E-state index contributed by atoms with van der Waals surface area (Å²) in [7, 11) is 0. The van der Waals surface area contributed by atoms with Crippen molar-refractivity contribution in [1.29, 1.82) is 0 Å². The lowest BCUT2D eigenvalue weighted by Gasteiger charge is -2.09. The largest absolute Gasteiger partial charge is 0.354 e. The molecule has 0 bridgehead atoms. The SMILES string of the molecule is Cc1ccc(Nc2ccc(NC(=O)CC(C)C)nc2)cc1Br. The Labute approximate surface area is 139 Å². The zero-order valence-electron chi connectivity index (χ0n) is 13.0. The van der Waals surface area contributed by atoms with Crippen LogP contribution in [0.25, 0.3) is 0 Å². The fraction of sp³-hybridized carbons (Fsp3) is 0.294. The van der Waals surface area contributed by atoms with Crippen molar-refractivity contribution in [3.63, 3.8) is 0 Å². The number of nitrogens with one attached hydrogen (secondary N) is 2. The number of anilines is 3. The van der Waals surface area contributed by atoms with Gasteiger partial charge < -0.3 is 10.6 Å². The molecule has 2 rings (SSSR count). The average Bonchev–Trinajstić information content (AvgIpc) is 2.44. The molecule has 0 aliphatic heterocycles. The van der Waals surface area contributed by atoms with Gasteiger partial charge in [-0.25, -0.2) is 4.98 Å². The zero-order valence-corrected chi connectivity index (χ0v) is 14.6. The number of hydrogen-bond acceptors (Lipinski definition) is 3. The fourth-order valence-electron chi connectivity index (χ4n) is 1.94. The fourth-order valence-corrected chi connectivity index (χ4v) is 2.32. The molecule has 0 saturated carbocycles. The Kier molecular flexibility index (Phi) is 5.55. The summed E-state index contributed by atoms with van der Waals surface area (Å²) >= 11 is 3.51. The van der Waals surface area contributed by atoms with Gasteiger partial charge in [0.1, 0.15) is 5.82 Å². The molecule has 5 heteroatoms. The van der Waals surface area contributed by atoms with Gasteiger partial charge in [-0.1, -0.05) is 35.8 Å². The van der Waals surface area contributed by atoms with E-state index in [1.807, 2.05) is 45.0 Å². The maximum absolute atomic E-state index is 11.7. The number of carbonyl (C=O) groups is 1. The number of amides is 1. The van der Waals surface area contributed by atoms with E-state index in [1.54, 1.807) is 12.3 Å². The highest BCUT2D eigenvalue weighted by Crippen LogP contribution is 2.23. The smallest absolute Gasteiger partial charge is 0.225 e. The molecule has 0 unspecified atom stereocenters. The number of hydrogen-bond donors (Lipinski definition) is 2. The quantitative estimate of drug-likeness (QED) is 0.797. The number of carbonyl (C=O) groups excluding carboxylic acids is 1.